The number of rotatable bonds is 2. The Morgan fingerprint density at radius 2 is 2.20 bits per heavy atom. The summed E-state index contributed by atoms with van der Waals surface area (Å²) in [7, 11) is 0. The fourth-order valence-corrected chi connectivity index (χ4v) is 2.81. The molecule has 0 aromatic carbocycles. The molecular weight excluding hydrogens is 184 g/mol. The van der Waals surface area contributed by atoms with Gasteiger partial charge in [-0.2, -0.15) is 0 Å². The predicted molar refractivity (Wildman–Crippen MR) is 61.8 cm³/mol. The molecular formula is C13H20N2. The van der Waals surface area contributed by atoms with E-state index in [2.05, 4.69) is 17.6 Å². The van der Waals surface area contributed by atoms with Crippen molar-refractivity contribution in [1.29, 1.82) is 0 Å². The van der Waals surface area contributed by atoms with E-state index in [0.29, 0.717) is 6.04 Å². The zero-order valence-electron chi connectivity index (χ0n) is 9.50. The molecule has 0 bridgehead atoms. The average molecular weight is 204 g/mol. The Kier molecular flexibility index (Phi) is 2.13. The second-order valence-electron chi connectivity index (χ2n) is 5.24. The molecule has 1 fully saturated rings. The van der Waals surface area contributed by atoms with Crippen molar-refractivity contribution in [3.8, 4) is 0 Å². The zero-order chi connectivity index (χ0) is 10.4. The number of hydrogen-bond donors (Lipinski definition) is 1. The van der Waals surface area contributed by atoms with E-state index in [-0.39, 0.29) is 0 Å². The number of aromatic nitrogens is 1. The van der Waals surface area contributed by atoms with Gasteiger partial charge in [0.2, 0.25) is 0 Å². The Bertz CT molecular complexity index is 374. The molecule has 0 aliphatic heterocycles. The lowest BCUT2D eigenvalue weighted by molar-refractivity contribution is 0.523. The molecule has 1 aromatic rings. The van der Waals surface area contributed by atoms with Gasteiger partial charge in [-0.1, -0.05) is 0 Å². The van der Waals surface area contributed by atoms with Crippen LogP contribution in [0.4, 0.5) is 0 Å². The maximum atomic E-state index is 6.16. The van der Waals surface area contributed by atoms with Crippen LogP contribution in [0.1, 0.15) is 48.7 Å². The van der Waals surface area contributed by atoms with Crippen LogP contribution >= 0.6 is 0 Å². The van der Waals surface area contributed by atoms with Crippen molar-refractivity contribution in [2.75, 3.05) is 0 Å². The molecule has 0 saturated heterocycles. The van der Waals surface area contributed by atoms with Crippen molar-refractivity contribution in [2.24, 2.45) is 11.7 Å². The van der Waals surface area contributed by atoms with Crippen LogP contribution < -0.4 is 5.73 Å². The highest BCUT2D eigenvalue weighted by Crippen LogP contribution is 2.35. The van der Waals surface area contributed by atoms with Gasteiger partial charge in [0.1, 0.15) is 0 Å². The highest BCUT2D eigenvalue weighted by atomic mass is 15.0. The number of nitrogens with two attached hydrogens (primary N) is 1. The van der Waals surface area contributed by atoms with Crippen molar-refractivity contribution in [3.63, 3.8) is 0 Å². The average Bonchev–Trinajstić information content (AvgIpc) is 2.96. The van der Waals surface area contributed by atoms with E-state index in [4.69, 9.17) is 5.73 Å². The standard InChI is InChI=1S/C13H20N2/c1-9-7-11-12(14)3-2-4-13(11)15(9)8-10-5-6-10/h7,10,12H,2-6,8,14H2,1H3. The molecule has 2 N–H and O–H groups in total. The van der Waals surface area contributed by atoms with Crippen LogP contribution in [0.5, 0.6) is 0 Å². The highest BCUT2D eigenvalue weighted by molar-refractivity contribution is 5.32. The molecule has 1 aromatic heterocycles. The SMILES string of the molecule is Cc1cc2c(n1CC1CC1)CCCC2N. The Balaban J connectivity index is 1.97. The number of nitrogens with zero attached hydrogens (tertiary/aromatic N) is 1. The van der Waals surface area contributed by atoms with Crippen LogP contribution in [-0.2, 0) is 13.0 Å². The van der Waals surface area contributed by atoms with Crippen molar-refractivity contribution < 1.29 is 0 Å². The van der Waals surface area contributed by atoms with Gasteiger partial charge in [0, 0.05) is 24.0 Å². The monoisotopic (exact) mass is 204 g/mol. The lowest BCUT2D eigenvalue weighted by atomic mass is 9.93. The molecule has 0 radical (unpaired) electrons. The second kappa shape index (κ2) is 3.38. The van der Waals surface area contributed by atoms with Crippen LogP contribution in [-0.4, -0.2) is 4.57 Å². The first-order valence-corrected chi connectivity index (χ1v) is 6.20. The van der Waals surface area contributed by atoms with Gasteiger partial charge in [0.25, 0.3) is 0 Å². The Morgan fingerprint density at radius 3 is 2.93 bits per heavy atom. The van der Waals surface area contributed by atoms with E-state index >= 15 is 0 Å². The van der Waals surface area contributed by atoms with E-state index in [9.17, 15) is 0 Å². The van der Waals surface area contributed by atoms with Crippen LogP contribution in [0.3, 0.4) is 0 Å². The quantitative estimate of drug-likeness (QED) is 0.788. The number of hydrogen-bond acceptors (Lipinski definition) is 1. The first kappa shape index (κ1) is 9.46. The molecule has 1 atom stereocenters. The Morgan fingerprint density at radius 1 is 1.40 bits per heavy atom. The normalized spacial score (nSPS) is 25.3. The van der Waals surface area contributed by atoms with Gasteiger partial charge < -0.3 is 10.3 Å². The molecule has 1 unspecified atom stereocenters. The van der Waals surface area contributed by atoms with Crippen LogP contribution in [0.15, 0.2) is 6.07 Å². The molecule has 2 aliphatic carbocycles. The maximum absolute atomic E-state index is 6.16. The van der Waals surface area contributed by atoms with Gasteiger partial charge >= 0.3 is 0 Å². The van der Waals surface area contributed by atoms with Crippen molar-refractivity contribution in [1.82, 2.24) is 4.57 Å². The molecule has 82 valence electrons. The topological polar surface area (TPSA) is 30.9 Å². The van der Waals surface area contributed by atoms with Gasteiger partial charge in [-0.3, -0.25) is 0 Å². The summed E-state index contributed by atoms with van der Waals surface area (Å²) in [6.07, 6.45) is 6.53. The van der Waals surface area contributed by atoms with Crippen LogP contribution in [0, 0.1) is 12.8 Å². The van der Waals surface area contributed by atoms with Gasteiger partial charge in [-0.05, 0) is 56.6 Å². The van der Waals surface area contributed by atoms with E-state index in [1.165, 1.54) is 55.6 Å². The van der Waals surface area contributed by atoms with Crippen LogP contribution in [0.2, 0.25) is 0 Å². The van der Waals surface area contributed by atoms with Crippen molar-refractivity contribution >= 4 is 0 Å². The minimum absolute atomic E-state index is 0.299. The molecule has 1 heterocycles. The van der Waals surface area contributed by atoms with E-state index < -0.39 is 0 Å². The van der Waals surface area contributed by atoms with Gasteiger partial charge in [0.05, 0.1) is 0 Å². The highest BCUT2D eigenvalue weighted by Gasteiger charge is 2.26. The summed E-state index contributed by atoms with van der Waals surface area (Å²) in [5.41, 5.74) is 10.6. The van der Waals surface area contributed by atoms with Gasteiger partial charge in [-0.25, -0.2) is 0 Å². The Labute approximate surface area is 91.5 Å². The summed E-state index contributed by atoms with van der Waals surface area (Å²) in [5.74, 6) is 0.957. The number of aryl methyl sites for hydroxylation is 1. The fraction of sp³-hybridized carbons (Fsp3) is 0.692. The molecule has 2 aliphatic rings. The molecule has 2 heteroatoms. The summed E-state index contributed by atoms with van der Waals surface area (Å²) in [6, 6.07) is 2.62. The smallest absolute Gasteiger partial charge is 0.0313 e. The fourth-order valence-electron chi connectivity index (χ4n) is 2.81. The zero-order valence-corrected chi connectivity index (χ0v) is 9.50. The molecule has 1 saturated carbocycles. The minimum atomic E-state index is 0.299. The lowest BCUT2D eigenvalue weighted by Gasteiger charge is -2.21. The summed E-state index contributed by atoms with van der Waals surface area (Å²) in [5, 5.41) is 0. The molecule has 2 nitrogen and oxygen atoms in total. The minimum Gasteiger partial charge on any atom is -0.348 e. The van der Waals surface area contributed by atoms with E-state index in [1.54, 1.807) is 0 Å². The summed E-state index contributed by atoms with van der Waals surface area (Å²) in [4.78, 5) is 0. The summed E-state index contributed by atoms with van der Waals surface area (Å²) < 4.78 is 2.53. The number of fused-ring (bicyclic) bond motifs is 1. The lowest BCUT2D eigenvalue weighted by Crippen LogP contribution is -2.18. The third-order valence-corrected chi connectivity index (χ3v) is 3.92. The Hall–Kier alpha value is -0.760. The summed E-state index contributed by atoms with van der Waals surface area (Å²) >= 11 is 0. The van der Waals surface area contributed by atoms with Crippen molar-refractivity contribution in [3.05, 3.63) is 23.0 Å². The largest absolute Gasteiger partial charge is 0.348 e. The second-order valence-corrected chi connectivity index (χ2v) is 5.24. The van der Waals surface area contributed by atoms with Crippen LogP contribution in [0.25, 0.3) is 0 Å². The molecule has 0 amide bonds. The summed E-state index contributed by atoms with van der Waals surface area (Å²) in [6.45, 7) is 3.47. The van der Waals surface area contributed by atoms with E-state index in [0.717, 1.165) is 5.92 Å². The molecule has 15 heavy (non-hydrogen) atoms. The first-order valence-electron chi connectivity index (χ1n) is 6.20. The van der Waals surface area contributed by atoms with E-state index in [1.807, 2.05) is 0 Å². The predicted octanol–water partition coefficient (Wildman–Crippen LogP) is 2.54. The molecule has 0 spiro atoms. The third kappa shape index (κ3) is 1.61. The maximum Gasteiger partial charge on any atom is 0.0313 e. The van der Waals surface area contributed by atoms with Gasteiger partial charge in [-0.15, -0.1) is 0 Å². The van der Waals surface area contributed by atoms with Gasteiger partial charge in [0.15, 0.2) is 0 Å². The van der Waals surface area contributed by atoms with Crippen molar-refractivity contribution in [2.45, 2.75) is 51.6 Å². The molecule has 3 rings (SSSR count). The first-order chi connectivity index (χ1) is 7.25. The third-order valence-electron chi connectivity index (χ3n) is 3.92.